The third-order valence-electron chi connectivity index (χ3n) is 1.10. The first-order valence-electron chi connectivity index (χ1n) is 2.92. The van der Waals surface area contributed by atoms with E-state index in [-0.39, 0.29) is 51.4 Å². The van der Waals surface area contributed by atoms with Crippen molar-refractivity contribution in [2.45, 2.75) is 6.43 Å². The molecule has 0 N–H and O–H groups in total. The van der Waals surface area contributed by atoms with Crippen molar-refractivity contribution in [1.29, 1.82) is 0 Å². The Labute approximate surface area is 115 Å². The summed E-state index contributed by atoms with van der Waals surface area (Å²) < 4.78 is 23.7. The van der Waals surface area contributed by atoms with Crippen LogP contribution in [-0.2, 0) is 0 Å². The molecule has 0 spiro atoms. The number of rotatable bonds is 2. The van der Waals surface area contributed by atoms with Crippen LogP contribution in [0.4, 0.5) is 8.78 Å². The van der Waals surface area contributed by atoms with Crippen molar-refractivity contribution < 1.29 is 70.1 Å². The predicted molar refractivity (Wildman–Crippen MR) is 31.3 cm³/mol. The molecule has 0 aliphatic carbocycles. The molecule has 7 heteroatoms. The van der Waals surface area contributed by atoms with E-state index in [0.717, 1.165) is 6.20 Å². The molecule has 0 aromatic carbocycles. The molecule has 0 amide bonds. The first-order valence-corrected chi connectivity index (χ1v) is 2.92. The molecule has 0 saturated carbocycles. The van der Waals surface area contributed by atoms with Crippen molar-refractivity contribution in [2.24, 2.45) is 0 Å². The van der Waals surface area contributed by atoms with Gasteiger partial charge in [-0.25, -0.2) is 8.78 Å². The van der Waals surface area contributed by atoms with Gasteiger partial charge in [-0.2, -0.15) is 0 Å². The van der Waals surface area contributed by atoms with Crippen LogP contribution in [0.25, 0.3) is 0 Å². The molecule has 0 aliphatic heterocycles. The molecule has 64 valence electrons. The van der Waals surface area contributed by atoms with Crippen molar-refractivity contribution in [3.05, 3.63) is 23.8 Å². The van der Waals surface area contributed by atoms with E-state index in [9.17, 15) is 18.7 Å². The number of alkyl halides is 2. The molecule has 0 bridgehead atoms. The van der Waals surface area contributed by atoms with E-state index in [2.05, 4.69) is 9.97 Å². The van der Waals surface area contributed by atoms with Gasteiger partial charge in [0, 0.05) is 0 Å². The first-order chi connectivity index (χ1) is 5.61. The molecule has 13 heavy (non-hydrogen) atoms. The largest absolute Gasteiger partial charge is 1.00 e. The van der Waals surface area contributed by atoms with Crippen LogP contribution in [0.1, 0.15) is 22.6 Å². The summed E-state index contributed by atoms with van der Waals surface area (Å²) >= 11 is 0. The van der Waals surface area contributed by atoms with Gasteiger partial charge in [0.1, 0.15) is 11.4 Å². The summed E-state index contributed by atoms with van der Waals surface area (Å²) in [4.78, 5) is 16.4. The summed E-state index contributed by atoms with van der Waals surface area (Å²) in [6.45, 7) is 0. The van der Waals surface area contributed by atoms with Crippen LogP contribution in [0.15, 0.2) is 12.4 Å². The molecule has 0 aliphatic rings. The molecule has 4 nitrogen and oxygen atoms in total. The number of carbonyl (C=O) groups excluding carboxylic acids is 1. The van der Waals surface area contributed by atoms with E-state index in [1.807, 2.05) is 0 Å². The Morgan fingerprint density at radius 1 is 1.38 bits per heavy atom. The molecule has 0 saturated heterocycles. The number of aromatic nitrogens is 2. The number of hydrogen-bond acceptors (Lipinski definition) is 4. The normalized spacial score (nSPS) is 9.46. The number of nitrogens with zero attached hydrogens (tertiary/aromatic N) is 2. The monoisotopic (exact) mass is 212 g/mol. The van der Waals surface area contributed by atoms with Gasteiger partial charge in [-0.15, -0.1) is 0 Å². The quantitative estimate of drug-likeness (QED) is 0.484. The maximum absolute atomic E-state index is 11.8. The third-order valence-corrected chi connectivity index (χ3v) is 1.10. The summed E-state index contributed by atoms with van der Waals surface area (Å²) in [5.74, 6) is -1.54. The maximum atomic E-state index is 11.8. The van der Waals surface area contributed by atoms with E-state index in [4.69, 9.17) is 0 Å². The summed E-state index contributed by atoms with van der Waals surface area (Å²) in [6, 6.07) is 0. The Balaban J connectivity index is 0.00000144. The minimum absolute atomic E-state index is 0. The summed E-state index contributed by atoms with van der Waals surface area (Å²) in [6.07, 6.45) is -1.31. The zero-order valence-corrected chi connectivity index (χ0v) is 9.82. The fourth-order valence-electron chi connectivity index (χ4n) is 0.556. The molecule has 1 heterocycles. The van der Waals surface area contributed by atoms with Gasteiger partial charge in [-0.1, -0.05) is 0 Å². The van der Waals surface area contributed by atoms with Gasteiger partial charge in [0.25, 0.3) is 6.43 Å². The van der Waals surface area contributed by atoms with Crippen molar-refractivity contribution in [2.75, 3.05) is 0 Å². The van der Waals surface area contributed by atoms with Gasteiger partial charge in [0.05, 0.1) is 18.4 Å². The Morgan fingerprint density at radius 3 is 2.31 bits per heavy atom. The fourth-order valence-corrected chi connectivity index (χ4v) is 0.556. The van der Waals surface area contributed by atoms with E-state index in [1.165, 1.54) is 0 Å². The van der Waals surface area contributed by atoms with E-state index < -0.39 is 23.8 Å². The maximum Gasteiger partial charge on any atom is 1.00 e. The zero-order chi connectivity index (χ0) is 9.14. The number of aromatic carboxylic acids is 1. The number of halogens is 2. The molecular formula is C6H3F2KN2O2. The van der Waals surface area contributed by atoms with Crippen molar-refractivity contribution >= 4 is 5.97 Å². The number of carbonyl (C=O) groups is 1. The topological polar surface area (TPSA) is 65.9 Å². The van der Waals surface area contributed by atoms with Crippen LogP contribution in [0.5, 0.6) is 0 Å². The molecule has 0 atom stereocenters. The van der Waals surface area contributed by atoms with E-state index >= 15 is 0 Å². The van der Waals surface area contributed by atoms with Gasteiger partial charge in [0.15, 0.2) is 0 Å². The predicted octanol–water partition coefficient (Wildman–Crippen LogP) is -3.22. The standard InChI is InChI=1S/C6H4F2N2O2.K/c7-5(8)3-1-10-4(2-9-3)6(11)12;/h1-2,5H,(H,11,12);/q;+1/p-1. The van der Waals surface area contributed by atoms with E-state index in [1.54, 1.807) is 0 Å². The van der Waals surface area contributed by atoms with Crippen LogP contribution < -0.4 is 56.5 Å². The Hall–Kier alpha value is 0.0464. The number of hydrogen-bond donors (Lipinski definition) is 0. The fraction of sp³-hybridized carbons (Fsp3) is 0.167. The van der Waals surface area contributed by atoms with Crippen LogP contribution in [0.2, 0.25) is 0 Å². The molecule has 1 aromatic heterocycles. The van der Waals surface area contributed by atoms with Crippen molar-refractivity contribution in [3.8, 4) is 0 Å². The number of carboxylic acids is 1. The van der Waals surface area contributed by atoms with Gasteiger partial charge < -0.3 is 9.90 Å². The van der Waals surface area contributed by atoms with Gasteiger partial charge in [-0.05, 0) is 0 Å². The van der Waals surface area contributed by atoms with E-state index in [0.29, 0.717) is 6.20 Å². The molecule has 0 fully saturated rings. The molecular weight excluding hydrogens is 209 g/mol. The second-order valence-corrected chi connectivity index (χ2v) is 1.91. The SMILES string of the molecule is O=C([O-])c1cnc(C(F)F)cn1.[K+]. The minimum Gasteiger partial charge on any atom is -0.543 e. The Kier molecular flexibility index (Phi) is 5.73. The summed E-state index contributed by atoms with van der Waals surface area (Å²) in [5.41, 5.74) is -1.01. The van der Waals surface area contributed by atoms with Crippen molar-refractivity contribution in [1.82, 2.24) is 9.97 Å². The summed E-state index contributed by atoms with van der Waals surface area (Å²) in [5, 5.41) is 10.1. The Morgan fingerprint density at radius 2 is 2.00 bits per heavy atom. The zero-order valence-electron chi connectivity index (χ0n) is 6.70. The van der Waals surface area contributed by atoms with Crippen LogP contribution in [0.3, 0.4) is 0 Å². The third kappa shape index (κ3) is 3.73. The minimum atomic E-state index is -2.74. The molecule has 1 rings (SSSR count). The average molecular weight is 212 g/mol. The van der Waals surface area contributed by atoms with Gasteiger partial charge >= 0.3 is 51.4 Å². The summed E-state index contributed by atoms with van der Waals surface area (Å²) in [7, 11) is 0. The Bertz CT molecular complexity index is 291. The first kappa shape index (κ1) is 13.0. The number of carboxylic acid groups (broad SMARTS) is 1. The second-order valence-electron chi connectivity index (χ2n) is 1.91. The van der Waals surface area contributed by atoms with Crippen molar-refractivity contribution in [3.63, 3.8) is 0 Å². The van der Waals surface area contributed by atoms with Gasteiger partial charge in [-0.3, -0.25) is 9.97 Å². The van der Waals surface area contributed by atoms with Gasteiger partial charge in [0.2, 0.25) is 0 Å². The van der Waals surface area contributed by atoms with Crippen LogP contribution >= 0.6 is 0 Å². The molecule has 0 radical (unpaired) electrons. The van der Waals surface area contributed by atoms with Crippen LogP contribution in [0, 0.1) is 0 Å². The molecule has 0 unspecified atom stereocenters. The molecule has 1 aromatic rings. The second kappa shape index (κ2) is 5.71. The van der Waals surface area contributed by atoms with Crippen LogP contribution in [-0.4, -0.2) is 15.9 Å². The smallest absolute Gasteiger partial charge is 0.543 e. The average Bonchev–Trinajstić information content (AvgIpc) is 2.04.